The second-order valence-electron chi connectivity index (χ2n) is 6.36. The van der Waals surface area contributed by atoms with Crippen molar-refractivity contribution in [3.05, 3.63) is 70.0 Å². The summed E-state index contributed by atoms with van der Waals surface area (Å²) in [5.41, 5.74) is 2.10. The van der Waals surface area contributed by atoms with Gasteiger partial charge in [-0.15, -0.1) is 0 Å². The van der Waals surface area contributed by atoms with E-state index in [4.69, 9.17) is 11.6 Å². The maximum absolute atomic E-state index is 14.1. The molecule has 27 heavy (non-hydrogen) atoms. The molecule has 0 spiro atoms. The summed E-state index contributed by atoms with van der Waals surface area (Å²) in [5, 5.41) is 2.81. The Hall–Kier alpha value is -2.40. The van der Waals surface area contributed by atoms with Crippen LogP contribution < -0.4 is 5.32 Å². The highest BCUT2D eigenvalue weighted by Gasteiger charge is 2.29. The Morgan fingerprint density at radius 1 is 1.19 bits per heavy atom. The number of rotatable bonds is 7. The van der Waals surface area contributed by atoms with Gasteiger partial charge in [0.15, 0.2) is 0 Å². The number of hydrogen-bond donors (Lipinski definition) is 1. The Morgan fingerprint density at radius 2 is 1.89 bits per heavy atom. The van der Waals surface area contributed by atoms with Gasteiger partial charge in [-0.3, -0.25) is 9.59 Å². The minimum Gasteiger partial charge on any atom is -0.357 e. The summed E-state index contributed by atoms with van der Waals surface area (Å²) in [7, 11) is 1.54. The van der Waals surface area contributed by atoms with Crippen LogP contribution in [0.15, 0.2) is 42.5 Å². The molecule has 1 N–H and O–H groups in total. The molecule has 0 fully saturated rings. The number of halogens is 2. The molecular formula is C21H24ClFN2O2. The van der Waals surface area contributed by atoms with E-state index in [-0.39, 0.29) is 35.4 Å². The second kappa shape index (κ2) is 9.51. The molecule has 2 aromatic carbocycles. The van der Waals surface area contributed by atoms with Gasteiger partial charge in [0.05, 0.1) is 6.42 Å². The Bertz CT molecular complexity index is 805. The minimum absolute atomic E-state index is 0.144. The highest BCUT2D eigenvalue weighted by atomic mass is 35.5. The molecule has 0 aliphatic heterocycles. The van der Waals surface area contributed by atoms with Crippen molar-refractivity contribution in [2.24, 2.45) is 0 Å². The zero-order valence-corrected chi connectivity index (χ0v) is 16.5. The summed E-state index contributed by atoms with van der Waals surface area (Å²) in [6, 6.07) is 11.4. The predicted octanol–water partition coefficient (Wildman–Crippen LogP) is 3.88. The summed E-state index contributed by atoms with van der Waals surface area (Å²) >= 11 is 6.08. The fraction of sp³-hybridized carbons (Fsp3) is 0.333. The number of aryl methyl sites for hydroxylation is 1. The molecule has 0 bridgehead atoms. The van der Waals surface area contributed by atoms with E-state index in [0.717, 1.165) is 11.1 Å². The van der Waals surface area contributed by atoms with Crippen LogP contribution >= 0.6 is 11.6 Å². The fourth-order valence-electron chi connectivity index (χ4n) is 3.01. The van der Waals surface area contributed by atoms with Crippen LogP contribution in [0.5, 0.6) is 0 Å². The van der Waals surface area contributed by atoms with Gasteiger partial charge < -0.3 is 10.2 Å². The Morgan fingerprint density at radius 3 is 2.48 bits per heavy atom. The highest BCUT2D eigenvalue weighted by molar-refractivity contribution is 6.31. The summed E-state index contributed by atoms with van der Waals surface area (Å²) in [5.74, 6) is -1.13. The van der Waals surface area contributed by atoms with E-state index in [2.05, 4.69) is 5.32 Å². The molecule has 4 nitrogen and oxygen atoms in total. The first kappa shape index (κ1) is 20.9. The normalized spacial score (nSPS) is 11.7. The van der Waals surface area contributed by atoms with Gasteiger partial charge >= 0.3 is 0 Å². The Kier molecular flexibility index (Phi) is 7.36. The van der Waals surface area contributed by atoms with E-state index in [1.165, 1.54) is 24.1 Å². The number of amides is 2. The molecule has 1 unspecified atom stereocenters. The maximum atomic E-state index is 14.1. The van der Waals surface area contributed by atoms with Crippen molar-refractivity contribution in [1.29, 1.82) is 0 Å². The number of benzene rings is 2. The third-order valence-corrected chi connectivity index (χ3v) is 4.98. The summed E-state index contributed by atoms with van der Waals surface area (Å²) in [6.45, 7) is 4.06. The predicted molar refractivity (Wildman–Crippen MR) is 105 cm³/mol. The minimum atomic E-state index is -0.646. The zero-order valence-electron chi connectivity index (χ0n) is 15.8. The smallest absolute Gasteiger partial charge is 0.242 e. The van der Waals surface area contributed by atoms with Gasteiger partial charge in [0.1, 0.15) is 11.9 Å². The summed E-state index contributed by atoms with van der Waals surface area (Å²) < 4.78 is 14.1. The third-order valence-electron chi connectivity index (χ3n) is 4.62. The SMILES string of the molecule is CCC(C(=O)NC)N(Cc1ccccc1C)C(=O)Cc1c(F)cccc1Cl. The average Bonchev–Trinajstić information content (AvgIpc) is 2.65. The van der Waals surface area contributed by atoms with Gasteiger partial charge in [-0.25, -0.2) is 4.39 Å². The van der Waals surface area contributed by atoms with Crippen molar-refractivity contribution in [2.75, 3.05) is 7.05 Å². The van der Waals surface area contributed by atoms with Gasteiger partial charge in [0, 0.05) is 24.2 Å². The largest absolute Gasteiger partial charge is 0.357 e. The van der Waals surface area contributed by atoms with E-state index in [1.54, 1.807) is 6.07 Å². The lowest BCUT2D eigenvalue weighted by atomic mass is 10.0. The lowest BCUT2D eigenvalue weighted by molar-refractivity contribution is -0.140. The Labute approximate surface area is 164 Å². The topological polar surface area (TPSA) is 49.4 Å². The first-order valence-corrected chi connectivity index (χ1v) is 9.25. The molecule has 0 heterocycles. The van der Waals surface area contributed by atoms with Crippen LogP contribution in [0, 0.1) is 12.7 Å². The van der Waals surface area contributed by atoms with Crippen LogP contribution in [0.2, 0.25) is 5.02 Å². The van der Waals surface area contributed by atoms with Crippen LogP contribution in [0.1, 0.15) is 30.0 Å². The fourth-order valence-corrected chi connectivity index (χ4v) is 3.24. The molecule has 2 rings (SSSR count). The number of nitrogens with zero attached hydrogens (tertiary/aromatic N) is 1. The van der Waals surface area contributed by atoms with Crippen LogP contribution in [0.4, 0.5) is 4.39 Å². The molecular weight excluding hydrogens is 367 g/mol. The highest BCUT2D eigenvalue weighted by Crippen LogP contribution is 2.22. The van der Waals surface area contributed by atoms with E-state index < -0.39 is 11.9 Å². The van der Waals surface area contributed by atoms with Crippen LogP contribution in [0.3, 0.4) is 0 Å². The van der Waals surface area contributed by atoms with Crippen molar-refractivity contribution in [2.45, 2.75) is 39.3 Å². The van der Waals surface area contributed by atoms with Gasteiger partial charge in [0.25, 0.3) is 0 Å². The molecule has 0 saturated heterocycles. The van der Waals surface area contributed by atoms with Crippen molar-refractivity contribution in [1.82, 2.24) is 10.2 Å². The summed E-state index contributed by atoms with van der Waals surface area (Å²) in [4.78, 5) is 26.9. The second-order valence-corrected chi connectivity index (χ2v) is 6.77. The molecule has 0 saturated carbocycles. The van der Waals surface area contributed by atoms with Gasteiger partial charge in [0.2, 0.25) is 11.8 Å². The Balaban J connectivity index is 2.37. The lowest BCUT2D eigenvalue weighted by Crippen LogP contribution is -2.48. The van der Waals surface area contributed by atoms with E-state index in [0.29, 0.717) is 6.42 Å². The molecule has 144 valence electrons. The molecule has 0 radical (unpaired) electrons. The molecule has 0 aliphatic rings. The van der Waals surface area contributed by atoms with Gasteiger partial charge in [-0.2, -0.15) is 0 Å². The molecule has 1 atom stereocenters. The number of hydrogen-bond acceptors (Lipinski definition) is 2. The van der Waals surface area contributed by atoms with Crippen molar-refractivity contribution in [3.63, 3.8) is 0 Å². The number of nitrogens with one attached hydrogen (secondary N) is 1. The standard InChI is InChI=1S/C21H24ClFN2O2/c1-4-19(21(27)24-3)25(13-15-9-6-5-8-14(15)2)20(26)12-16-17(22)10-7-11-18(16)23/h5-11,19H,4,12-13H2,1-3H3,(H,24,27). The van der Waals surface area contributed by atoms with E-state index >= 15 is 0 Å². The average molecular weight is 391 g/mol. The summed E-state index contributed by atoms with van der Waals surface area (Å²) in [6.07, 6.45) is 0.243. The molecule has 0 aromatic heterocycles. The van der Waals surface area contributed by atoms with Crippen molar-refractivity contribution >= 4 is 23.4 Å². The molecule has 2 amide bonds. The lowest BCUT2D eigenvalue weighted by Gasteiger charge is -2.31. The third kappa shape index (κ3) is 5.07. The number of carbonyl (C=O) groups is 2. The van der Waals surface area contributed by atoms with Crippen LogP contribution in [0.25, 0.3) is 0 Å². The zero-order chi connectivity index (χ0) is 20.0. The van der Waals surface area contributed by atoms with Gasteiger partial charge in [-0.1, -0.05) is 48.9 Å². The first-order chi connectivity index (χ1) is 12.9. The monoisotopic (exact) mass is 390 g/mol. The number of carbonyl (C=O) groups excluding carboxylic acids is 2. The molecule has 6 heteroatoms. The molecule has 0 aliphatic carbocycles. The maximum Gasteiger partial charge on any atom is 0.242 e. The quantitative estimate of drug-likeness (QED) is 0.779. The van der Waals surface area contributed by atoms with Crippen LogP contribution in [-0.4, -0.2) is 29.8 Å². The van der Waals surface area contributed by atoms with Crippen molar-refractivity contribution in [3.8, 4) is 0 Å². The van der Waals surface area contributed by atoms with E-state index in [9.17, 15) is 14.0 Å². The van der Waals surface area contributed by atoms with Crippen molar-refractivity contribution < 1.29 is 14.0 Å². The van der Waals surface area contributed by atoms with Crippen LogP contribution in [-0.2, 0) is 22.6 Å². The first-order valence-electron chi connectivity index (χ1n) is 8.87. The van der Waals surface area contributed by atoms with E-state index in [1.807, 2.05) is 38.1 Å². The van der Waals surface area contributed by atoms with Gasteiger partial charge in [-0.05, 0) is 36.6 Å². The molecule has 2 aromatic rings. The number of likely N-dealkylation sites (N-methyl/N-ethyl adjacent to an activating group) is 1.